The first-order valence-corrected chi connectivity index (χ1v) is 7.08. The third kappa shape index (κ3) is 2.61. The van der Waals surface area contributed by atoms with Gasteiger partial charge in [0.1, 0.15) is 6.04 Å². The third-order valence-corrected chi connectivity index (χ3v) is 3.66. The fraction of sp³-hybridized carbons (Fsp3) is 0.400. The molecule has 0 radical (unpaired) electrons. The third-order valence-electron chi connectivity index (χ3n) is 3.66. The number of nitrogens with zero attached hydrogens (tertiary/aromatic N) is 3. The van der Waals surface area contributed by atoms with Crippen LogP contribution < -0.4 is 4.90 Å². The summed E-state index contributed by atoms with van der Waals surface area (Å²) in [6.45, 7) is 2.37. The van der Waals surface area contributed by atoms with E-state index >= 15 is 0 Å². The van der Waals surface area contributed by atoms with E-state index in [1.54, 1.807) is 0 Å². The molecule has 0 amide bonds. The second-order valence-corrected chi connectivity index (χ2v) is 5.17. The molecule has 6 nitrogen and oxygen atoms in total. The van der Waals surface area contributed by atoms with Crippen molar-refractivity contribution >= 4 is 11.7 Å². The van der Waals surface area contributed by atoms with Crippen molar-refractivity contribution < 1.29 is 14.4 Å². The number of hydrogen-bond donors (Lipinski definition) is 1. The van der Waals surface area contributed by atoms with Crippen molar-refractivity contribution in [1.29, 1.82) is 0 Å². The Balaban J connectivity index is 1.85. The van der Waals surface area contributed by atoms with Crippen molar-refractivity contribution in [2.75, 3.05) is 4.90 Å². The predicted molar refractivity (Wildman–Crippen MR) is 76.0 cm³/mol. The molecule has 6 heteroatoms. The molecule has 0 spiro atoms. The largest absolute Gasteiger partial charge is 0.480 e. The number of aliphatic carboxylic acids is 1. The average molecular weight is 287 g/mol. The van der Waals surface area contributed by atoms with Crippen molar-refractivity contribution in [1.82, 2.24) is 10.1 Å². The number of aromatic nitrogens is 2. The van der Waals surface area contributed by atoms with Gasteiger partial charge in [-0.25, -0.2) is 4.79 Å². The van der Waals surface area contributed by atoms with Crippen LogP contribution in [0.15, 0.2) is 28.8 Å². The van der Waals surface area contributed by atoms with Crippen molar-refractivity contribution in [3.63, 3.8) is 0 Å². The highest BCUT2D eigenvalue weighted by molar-refractivity contribution is 5.82. The normalized spacial score (nSPS) is 17.0. The summed E-state index contributed by atoms with van der Waals surface area (Å²) in [6, 6.07) is 7.15. The van der Waals surface area contributed by atoms with Crippen LogP contribution in [0.2, 0.25) is 0 Å². The summed E-state index contributed by atoms with van der Waals surface area (Å²) in [5.41, 5.74) is 1.97. The van der Waals surface area contributed by atoms with Crippen molar-refractivity contribution in [3.05, 3.63) is 41.5 Å². The van der Waals surface area contributed by atoms with Crippen LogP contribution in [-0.2, 0) is 24.2 Å². The van der Waals surface area contributed by atoms with E-state index in [4.69, 9.17) is 4.52 Å². The van der Waals surface area contributed by atoms with Gasteiger partial charge in [-0.2, -0.15) is 4.98 Å². The standard InChI is InChI=1S/C15H17N3O3/c1-2-5-13-16-14(21-17-13)9-18-11-7-4-3-6-10(11)8-12(18)15(19)20/h3-4,6-7,12H,2,5,8-9H2,1H3,(H,19,20). The Morgan fingerprint density at radius 2 is 2.29 bits per heavy atom. The zero-order valence-corrected chi connectivity index (χ0v) is 11.8. The molecule has 1 atom stereocenters. The molecule has 110 valence electrons. The molecule has 0 aliphatic carbocycles. The molecule has 2 heterocycles. The minimum absolute atomic E-state index is 0.324. The van der Waals surface area contributed by atoms with Gasteiger partial charge in [0.25, 0.3) is 0 Å². The smallest absolute Gasteiger partial charge is 0.326 e. The van der Waals surface area contributed by atoms with Crippen molar-refractivity contribution in [2.24, 2.45) is 0 Å². The van der Waals surface area contributed by atoms with Crippen molar-refractivity contribution in [2.45, 2.75) is 38.8 Å². The minimum Gasteiger partial charge on any atom is -0.480 e. The van der Waals surface area contributed by atoms with Crippen LogP contribution >= 0.6 is 0 Å². The lowest BCUT2D eigenvalue weighted by Gasteiger charge is -2.22. The minimum atomic E-state index is -0.834. The number of anilines is 1. The van der Waals surface area contributed by atoms with Crippen LogP contribution in [0.1, 0.15) is 30.6 Å². The molecule has 21 heavy (non-hydrogen) atoms. The lowest BCUT2D eigenvalue weighted by atomic mass is 10.1. The Hall–Kier alpha value is -2.37. The van der Waals surface area contributed by atoms with E-state index in [-0.39, 0.29) is 0 Å². The summed E-state index contributed by atoms with van der Waals surface area (Å²) in [4.78, 5) is 17.6. The Labute approximate surface area is 122 Å². The quantitative estimate of drug-likeness (QED) is 0.906. The number of carbonyl (C=O) groups is 1. The summed E-state index contributed by atoms with van der Waals surface area (Å²) in [7, 11) is 0. The van der Waals surface area contributed by atoms with Gasteiger partial charge in [0, 0.05) is 18.5 Å². The Bertz CT molecular complexity index is 653. The molecule has 1 aromatic carbocycles. The van der Waals surface area contributed by atoms with Gasteiger partial charge in [-0.3, -0.25) is 0 Å². The summed E-state index contributed by atoms with van der Waals surface area (Å²) in [5.74, 6) is 0.299. The highest BCUT2D eigenvalue weighted by Gasteiger charge is 2.35. The Kier molecular flexibility index (Phi) is 3.60. The molecule has 1 aliphatic heterocycles. The topological polar surface area (TPSA) is 79.5 Å². The van der Waals surface area contributed by atoms with Crippen LogP contribution in [0, 0.1) is 0 Å². The molecule has 0 saturated carbocycles. The second kappa shape index (κ2) is 5.55. The van der Waals surface area contributed by atoms with E-state index in [9.17, 15) is 9.90 Å². The van der Waals surface area contributed by atoms with E-state index in [2.05, 4.69) is 10.1 Å². The maximum Gasteiger partial charge on any atom is 0.326 e. The molecule has 0 fully saturated rings. The maximum absolute atomic E-state index is 11.5. The van der Waals surface area contributed by atoms with Gasteiger partial charge >= 0.3 is 5.97 Å². The summed E-state index contributed by atoms with van der Waals surface area (Å²) in [5, 5.41) is 13.3. The first kappa shape index (κ1) is 13.6. The maximum atomic E-state index is 11.5. The average Bonchev–Trinajstić information content (AvgIpc) is 3.05. The number of hydrogen-bond acceptors (Lipinski definition) is 5. The van der Waals surface area contributed by atoms with Crippen LogP contribution in [0.4, 0.5) is 5.69 Å². The first-order chi connectivity index (χ1) is 10.2. The molecule has 1 aliphatic rings. The molecular formula is C15H17N3O3. The molecule has 0 bridgehead atoms. The van der Waals surface area contributed by atoms with Gasteiger partial charge < -0.3 is 14.5 Å². The van der Waals surface area contributed by atoms with Gasteiger partial charge in [-0.15, -0.1) is 0 Å². The highest BCUT2D eigenvalue weighted by atomic mass is 16.5. The molecular weight excluding hydrogens is 270 g/mol. The monoisotopic (exact) mass is 287 g/mol. The molecule has 1 N–H and O–H groups in total. The molecule has 1 unspecified atom stereocenters. The predicted octanol–water partition coefficient (Wildman–Crippen LogP) is 2.04. The van der Waals surface area contributed by atoms with Gasteiger partial charge in [0.15, 0.2) is 5.82 Å². The molecule has 3 rings (SSSR count). The van der Waals surface area contributed by atoms with Crippen LogP contribution in [-0.4, -0.2) is 27.3 Å². The highest BCUT2D eigenvalue weighted by Crippen LogP contribution is 2.33. The number of aryl methyl sites for hydroxylation is 1. The number of carboxylic acid groups (broad SMARTS) is 1. The van der Waals surface area contributed by atoms with Gasteiger partial charge in [0.2, 0.25) is 5.89 Å². The summed E-state index contributed by atoms with van der Waals surface area (Å²) in [6.07, 6.45) is 2.22. The molecule has 2 aromatic rings. The number of para-hydroxylation sites is 1. The zero-order chi connectivity index (χ0) is 14.8. The van der Waals surface area contributed by atoms with E-state index < -0.39 is 12.0 Å². The fourth-order valence-corrected chi connectivity index (χ4v) is 2.69. The van der Waals surface area contributed by atoms with E-state index in [0.29, 0.717) is 24.7 Å². The Morgan fingerprint density at radius 1 is 1.48 bits per heavy atom. The number of carboxylic acids is 1. The summed E-state index contributed by atoms with van der Waals surface area (Å²) < 4.78 is 5.23. The van der Waals surface area contributed by atoms with Crippen LogP contribution in [0.25, 0.3) is 0 Å². The number of benzene rings is 1. The van der Waals surface area contributed by atoms with Gasteiger partial charge in [-0.1, -0.05) is 30.3 Å². The zero-order valence-electron chi connectivity index (χ0n) is 11.8. The Morgan fingerprint density at radius 3 is 3.05 bits per heavy atom. The second-order valence-electron chi connectivity index (χ2n) is 5.17. The van der Waals surface area contributed by atoms with Gasteiger partial charge in [0.05, 0.1) is 6.54 Å². The lowest BCUT2D eigenvalue weighted by Crippen LogP contribution is -2.38. The van der Waals surface area contributed by atoms with Gasteiger partial charge in [-0.05, 0) is 18.1 Å². The van der Waals surface area contributed by atoms with E-state index in [1.165, 1.54) is 0 Å². The van der Waals surface area contributed by atoms with Crippen molar-refractivity contribution in [3.8, 4) is 0 Å². The van der Waals surface area contributed by atoms with E-state index in [0.717, 1.165) is 24.1 Å². The SMILES string of the molecule is CCCc1noc(CN2c3ccccc3CC2C(=O)O)n1. The first-order valence-electron chi connectivity index (χ1n) is 7.08. The number of fused-ring (bicyclic) bond motifs is 1. The van der Waals surface area contributed by atoms with Crippen LogP contribution in [0.3, 0.4) is 0 Å². The summed E-state index contributed by atoms with van der Waals surface area (Å²) >= 11 is 0. The fourth-order valence-electron chi connectivity index (χ4n) is 2.69. The van der Waals surface area contributed by atoms with Crippen LogP contribution in [0.5, 0.6) is 0 Å². The lowest BCUT2D eigenvalue weighted by molar-refractivity contribution is -0.138. The number of rotatable bonds is 5. The van der Waals surface area contributed by atoms with E-state index in [1.807, 2.05) is 36.1 Å². The molecule has 0 saturated heterocycles. The molecule has 1 aromatic heterocycles.